The van der Waals surface area contributed by atoms with Crippen molar-refractivity contribution in [3.63, 3.8) is 0 Å². The Hall–Kier alpha value is -2.66. The van der Waals surface area contributed by atoms with Gasteiger partial charge in [-0.25, -0.2) is 12.8 Å². The molecule has 2 saturated carbocycles. The number of piperidine rings is 1. The van der Waals surface area contributed by atoms with Crippen molar-refractivity contribution in [3.8, 4) is 11.1 Å². The molecule has 1 N–H and O–H groups in total. The van der Waals surface area contributed by atoms with Crippen LogP contribution in [0.2, 0.25) is 10.0 Å². The summed E-state index contributed by atoms with van der Waals surface area (Å²) in [5.41, 5.74) is 2.43. The second-order valence-electron chi connectivity index (χ2n) is 11.3. The van der Waals surface area contributed by atoms with Crippen molar-refractivity contribution < 1.29 is 22.3 Å². The van der Waals surface area contributed by atoms with Gasteiger partial charge in [-0.05, 0) is 68.4 Å². The van der Waals surface area contributed by atoms with Gasteiger partial charge in [-0.3, -0.25) is 9.48 Å². The van der Waals surface area contributed by atoms with Crippen molar-refractivity contribution in [1.29, 1.82) is 0 Å². The molecule has 2 bridgehead atoms. The number of amides is 1. The highest BCUT2D eigenvalue weighted by molar-refractivity contribution is 7.90. The fourth-order valence-corrected chi connectivity index (χ4v) is 7.17. The number of ether oxygens (including phenoxy) is 1. The van der Waals surface area contributed by atoms with Crippen LogP contribution in [-0.2, 0) is 21.2 Å². The molecule has 1 aromatic heterocycles. The monoisotopic (exact) mass is 620 g/mol. The lowest BCUT2D eigenvalue weighted by molar-refractivity contribution is -0.0473. The van der Waals surface area contributed by atoms with Crippen molar-refractivity contribution in [3.05, 3.63) is 69.7 Å². The summed E-state index contributed by atoms with van der Waals surface area (Å²) in [6.07, 6.45) is 7.63. The first-order chi connectivity index (χ1) is 19.5. The van der Waals surface area contributed by atoms with Crippen molar-refractivity contribution in [1.82, 2.24) is 15.1 Å². The Balaban J connectivity index is 1.27. The molecule has 8 nitrogen and oxygen atoms in total. The largest absolute Gasteiger partial charge is 0.351 e. The van der Waals surface area contributed by atoms with E-state index in [1.807, 2.05) is 22.9 Å². The number of aromatic nitrogens is 2. The highest BCUT2D eigenvalue weighted by Crippen LogP contribution is 2.50. The number of halogens is 3. The molecule has 0 unspecified atom stereocenters. The number of nitrogens with one attached hydrogen (secondary N) is 1. The molecule has 3 aromatic rings. The zero-order valence-corrected chi connectivity index (χ0v) is 24.9. The molecule has 1 aliphatic heterocycles. The second kappa shape index (κ2) is 10.9. The highest BCUT2D eigenvalue weighted by Gasteiger charge is 2.52. The van der Waals surface area contributed by atoms with Crippen molar-refractivity contribution in [2.45, 2.75) is 50.5 Å². The van der Waals surface area contributed by atoms with Crippen molar-refractivity contribution in [2.24, 2.45) is 5.92 Å². The minimum atomic E-state index is -3.26. The molecule has 3 aliphatic rings. The summed E-state index contributed by atoms with van der Waals surface area (Å²) in [6.45, 7) is 0.926. The Morgan fingerprint density at radius 3 is 2.63 bits per heavy atom. The lowest BCUT2D eigenvalue weighted by Crippen LogP contribution is -2.47. The van der Waals surface area contributed by atoms with Crippen LogP contribution in [0.3, 0.4) is 0 Å². The molecule has 41 heavy (non-hydrogen) atoms. The van der Waals surface area contributed by atoms with Crippen LogP contribution in [-0.4, -0.2) is 54.9 Å². The molecule has 0 spiro atoms. The lowest BCUT2D eigenvalue weighted by Gasteiger charge is -2.40. The van der Waals surface area contributed by atoms with E-state index < -0.39 is 27.3 Å². The van der Waals surface area contributed by atoms with Crippen LogP contribution < -0.4 is 10.2 Å². The van der Waals surface area contributed by atoms with Crippen LogP contribution in [0.25, 0.3) is 11.1 Å². The Morgan fingerprint density at radius 2 is 1.95 bits per heavy atom. The minimum absolute atomic E-state index is 0.0906. The first-order valence-electron chi connectivity index (χ1n) is 13.7. The molecule has 3 fully saturated rings. The first-order valence-corrected chi connectivity index (χ1v) is 16.5. The average Bonchev–Trinajstić information content (AvgIpc) is 3.40. The molecule has 2 atom stereocenters. The van der Waals surface area contributed by atoms with Gasteiger partial charge in [0.05, 0.1) is 45.9 Å². The molecule has 2 aliphatic carbocycles. The highest BCUT2D eigenvalue weighted by atomic mass is 35.5. The lowest BCUT2D eigenvalue weighted by atomic mass is 10.1. The molecule has 218 valence electrons. The standard InChI is InChI=1S/C29H31Cl2FN4O4S/c1-41(38,39)12-11-33-28(37)21-13-20(7-8-25(21)32)35-16-18-9-10-29(35,14-18)40-17-26-22(15-34-36(26)19-5-6-19)27-23(30)3-2-4-24(27)31/h2-4,7-8,13,15,18-19H,5-6,9-12,14,16-17H2,1H3,(H,33,37)/t18-,29-/m0/s1. The van der Waals surface area contributed by atoms with Crippen molar-refractivity contribution in [2.75, 3.05) is 30.0 Å². The van der Waals surface area contributed by atoms with E-state index in [1.54, 1.807) is 12.3 Å². The summed E-state index contributed by atoms with van der Waals surface area (Å²) < 4.78 is 46.4. The molecule has 0 radical (unpaired) electrons. The maximum absolute atomic E-state index is 14.7. The van der Waals surface area contributed by atoms with Crippen LogP contribution in [0.15, 0.2) is 42.6 Å². The number of hydrogen-bond donors (Lipinski definition) is 1. The molecule has 1 saturated heterocycles. The maximum atomic E-state index is 14.7. The van der Waals surface area contributed by atoms with Crippen LogP contribution in [0.5, 0.6) is 0 Å². The van der Waals surface area contributed by atoms with E-state index >= 15 is 0 Å². The van der Waals surface area contributed by atoms with Gasteiger partial charge in [0.25, 0.3) is 5.91 Å². The summed E-state index contributed by atoms with van der Waals surface area (Å²) in [7, 11) is -3.26. The van der Waals surface area contributed by atoms with E-state index in [4.69, 9.17) is 27.9 Å². The van der Waals surface area contributed by atoms with Crippen LogP contribution in [0.1, 0.15) is 54.2 Å². The van der Waals surface area contributed by atoms with Crippen molar-refractivity contribution >= 4 is 44.6 Å². The molecule has 6 rings (SSSR count). The van der Waals surface area contributed by atoms with Gasteiger partial charge in [0, 0.05) is 36.2 Å². The number of rotatable bonds is 10. The number of fused-ring (bicyclic) bond motifs is 2. The number of nitrogens with zero attached hydrogens (tertiary/aromatic N) is 3. The quantitative estimate of drug-likeness (QED) is 0.315. The van der Waals surface area contributed by atoms with Gasteiger partial charge in [-0.1, -0.05) is 29.3 Å². The number of carbonyl (C=O) groups excluding carboxylic acids is 1. The van der Waals surface area contributed by atoms with E-state index in [1.165, 1.54) is 12.1 Å². The normalized spacial score (nSPS) is 22.0. The summed E-state index contributed by atoms with van der Waals surface area (Å²) in [4.78, 5) is 14.9. The third-order valence-electron chi connectivity index (χ3n) is 8.25. The molecular formula is C29H31Cl2FN4O4S. The van der Waals surface area contributed by atoms with Gasteiger partial charge in [0.2, 0.25) is 0 Å². The molecule has 1 amide bonds. The second-order valence-corrected chi connectivity index (χ2v) is 14.4. The van der Waals surface area contributed by atoms with E-state index in [-0.39, 0.29) is 24.5 Å². The summed E-state index contributed by atoms with van der Waals surface area (Å²) in [5.74, 6) is -1.12. The smallest absolute Gasteiger partial charge is 0.254 e. The zero-order chi connectivity index (χ0) is 28.9. The summed E-state index contributed by atoms with van der Waals surface area (Å²) >= 11 is 13.2. The molecular weight excluding hydrogens is 590 g/mol. The van der Waals surface area contributed by atoms with Gasteiger partial charge in [0.15, 0.2) is 0 Å². The van der Waals surface area contributed by atoms with Crippen LogP contribution in [0, 0.1) is 11.7 Å². The molecule has 2 aromatic carbocycles. The third-order valence-corrected chi connectivity index (χ3v) is 9.82. The Morgan fingerprint density at radius 1 is 1.20 bits per heavy atom. The predicted molar refractivity (Wildman–Crippen MR) is 157 cm³/mol. The fraction of sp³-hybridized carbons (Fsp3) is 0.448. The van der Waals surface area contributed by atoms with E-state index in [9.17, 15) is 17.6 Å². The Kier molecular flexibility index (Phi) is 7.55. The molecule has 2 heterocycles. The van der Waals surface area contributed by atoms with Crippen LogP contribution >= 0.6 is 23.2 Å². The predicted octanol–water partition coefficient (Wildman–Crippen LogP) is 5.64. The van der Waals surface area contributed by atoms with Gasteiger partial charge >= 0.3 is 0 Å². The van der Waals surface area contributed by atoms with Crippen LogP contribution in [0.4, 0.5) is 10.1 Å². The number of hydrogen-bond acceptors (Lipinski definition) is 6. The number of sulfone groups is 1. The summed E-state index contributed by atoms with van der Waals surface area (Å²) in [5, 5.41) is 8.29. The number of benzene rings is 2. The van der Waals surface area contributed by atoms with Gasteiger partial charge in [0.1, 0.15) is 21.4 Å². The summed E-state index contributed by atoms with van der Waals surface area (Å²) in [6, 6.07) is 10.2. The van der Waals surface area contributed by atoms with Gasteiger partial charge in [-0.2, -0.15) is 5.10 Å². The van der Waals surface area contributed by atoms with E-state index in [2.05, 4.69) is 15.3 Å². The molecule has 12 heteroatoms. The Bertz CT molecular complexity index is 1590. The number of carbonyl (C=O) groups is 1. The topological polar surface area (TPSA) is 93.5 Å². The number of anilines is 1. The third kappa shape index (κ3) is 5.71. The van der Waals surface area contributed by atoms with Gasteiger partial charge in [-0.15, -0.1) is 0 Å². The zero-order valence-electron chi connectivity index (χ0n) is 22.6. The van der Waals surface area contributed by atoms with E-state index in [0.29, 0.717) is 27.7 Å². The van der Waals surface area contributed by atoms with E-state index in [0.717, 1.165) is 61.7 Å². The fourth-order valence-electron chi connectivity index (χ4n) is 6.09. The first kappa shape index (κ1) is 28.5. The Labute approximate surface area is 248 Å². The SMILES string of the molecule is CS(=O)(=O)CCNC(=O)c1cc(N2C[C@H]3CC[C@]2(OCc2c(-c4c(Cl)cccc4Cl)cnn2C2CC2)C3)ccc1F. The minimum Gasteiger partial charge on any atom is -0.351 e. The van der Waals surface area contributed by atoms with Gasteiger partial charge < -0.3 is 15.0 Å². The average molecular weight is 622 g/mol. The maximum Gasteiger partial charge on any atom is 0.254 e.